The summed E-state index contributed by atoms with van der Waals surface area (Å²) in [6.45, 7) is 2.44. The normalized spacial score (nSPS) is 25.1. The third-order valence-corrected chi connectivity index (χ3v) is 4.08. The molecule has 1 aliphatic carbocycles. The number of halogens is 1. The fourth-order valence-electron chi connectivity index (χ4n) is 2.92. The van der Waals surface area contributed by atoms with Crippen molar-refractivity contribution in [2.24, 2.45) is 11.7 Å². The van der Waals surface area contributed by atoms with E-state index in [9.17, 15) is 4.79 Å². The van der Waals surface area contributed by atoms with Crippen LogP contribution in [0.5, 0.6) is 0 Å². The fraction of sp³-hybridized carbons (Fsp3) is 0.500. The maximum absolute atomic E-state index is 12.3. The van der Waals surface area contributed by atoms with E-state index in [2.05, 4.69) is 12.1 Å². The maximum Gasteiger partial charge on any atom is 0.230 e. The van der Waals surface area contributed by atoms with E-state index >= 15 is 0 Å². The number of nitrogens with two attached hydrogens (primary N) is 1. The molecule has 1 amide bonds. The first-order valence-electron chi connectivity index (χ1n) is 6.36. The van der Waals surface area contributed by atoms with Crippen LogP contribution in [0.1, 0.15) is 23.5 Å². The Morgan fingerprint density at radius 1 is 1.39 bits per heavy atom. The smallest absolute Gasteiger partial charge is 0.230 e. The molecule has 2 unspecified atom stereocenters. The Kier molecular flexibility index (Phi) is 3.93. The number of amides is 1. The molecule has 1 fully saturated rings. The molecule has 18 heavy (non-hydrogen) atoms. The zero-order valence-electron chi connectivity index (χ0n) is 10.3. The van der Waals surface area contributed by atoms with Crippen LogP contribution in [0, 0.1) is 5.92 Å². The maximum atomic E-state index is 12.3. The summed E-state index contributed by atoms with van der Waals surface area (Å²) in [7, 11) is 0. The van der Waals surface area contributed by atoms with E-state index in [1.54, 1.807) is 0 Å². The lowest BCUT2D eigenvalue weighted by Gasteiger charge is -2.32. The average Bonchev–Trinajstić information content (AvgIpc) is 2.79. The van der Waals surface area contributed by atoms with Gasteiger partial charge in [-0.1, -0.05) is 24.3 Å². The second kappa shape index (κ2) is 5.29. The molecule has 1 aromatic rings. The number of nitrogens with zero attached hydrogens (tertiary/aromatic N) is 1. The molecule has 0 radical (unpaired) electrons. The van der Waals surface area contributed by atoms with Gasteiger partial charge in [0.25, 0.3) is 0 Å². The minimum atomic E-state index is 0. The van der Waals surface area contributed by atoms with E-state index in [1.165, 1.54) is 11.1 Å². The van der Waals surface area contributed by atoms with Crippen molar-refractivity contribution < 1.29 is 4.79 Å². The Morgan fingerprint density at radius 3 is 2.83 bits per heavy atom. The highest BCUT2D eigenvalue weighted by atomic mass is 35.5. The second-order valence-electron chi connectivity index (χ2n) is 5.13. The van der Waals surface area contributed by atoms with Gasteiger partial charge >= 0.3 is 0 Å². The topological polar surface area (TPSA) is 46.3 Å². The van der Waals surface area contributed by atoms with Crippen LogP contribution in [-0.2, 0) is 11.2 Å². The number of benzene rings is 1. The summed E-state index contributed by atoms with van der Waals surface area (Å²) in [5.41, 5.74) is 8.22. The standard InChI is InChI=1S/C14H18N2O.ClH/c15-8-10-5-6-16(9-10)14(17)13-7-11-3-1-2-4-12(11)13;/h1-4,10,13H,5-9,15H2;1H. The molecule has 0 aromatic heterocycles. The second-order valence-corrected chi connectivity index (χ2v) is 5.13. The van der Waals surface area contributed by atoms with Crippen LogP contribution >= 0.6 is 12.4 Å². The number of carbonyl (C=O) groups excluding carboxylic acids is 1. The first-order chi connectivity index (χ1) is 8.29. The Hall–Kier alpha value is -1.06. The molecule has 1 heterocycles. The quantitative estimate of drug-likeness (QED) is 0.883. The van der Waals surface area contributed by atoms with Crippen molar-refractivity contribution in [2.45, 2.75) is 18.8 Å². The van der Waals surface area contributed by atoms with Crippen LogP contribution in [0.3, 0.4) is 0 Å². The fourth-order valence-corrected chi connectivity index (χ4v) is 2.92. The molecule has 0 bridgehead atoms. The van der Waals surface area contributed by atoms with Crippen molar-refractivity contribution in [3.63, 3.8) is 0 Å². The number of hydrogen-bond donors (Lipinski definition) is 1. The zero-order valence-corrected chi connectivity index (χ0v) is 11.2. The van der Waals surface area contributed by atoms with Gasteiger partial charge in [0.05, 0.1) is 5.92 Å². The van der Waals surface area contributed by atoms with E-state index in [0.717, 1.165) is 25.9 Å². The van der Waals surface area contributed by atoms with Gasteiger partial charge in [-0.3, -0.25) is 4.79 Å². The van der Waals surface area contributed by atoms with Crippen LogP contribution in [0.4, 0.5) is 0 Å². The monoisotopic (exact) mass is 266 g/mol. The summed E-state index contributed by atoms with van der Waals surface area (Å²) in [4.78, 5) is 14.3. The van der Waals surface area contributed by atoms with Crippen molar-refractivity contribution in [1.82, 2.24) is 4.90 Å². The molecule has 1 aliphatic heterocycles. The Labute approximate surface area is 114 Å². The lowest BCUT2D eigenvalue weighted by Crippen LogP contribution is -2.38. The van der Waals surface area contributed by atoms with E-state index in [1.807, 2.05) is 17.0 Å². The van der Waals surface area contributed by atoms with Gasteiger partial charge in [-0.05, 0) is 36.4 Å². The summed E-state index contributed by atoms with van der Waals surface area (Å²) >= 11 is 0. The highest BCUT2D eigenvalue weighted by molar-refractivity contribution is 5.87. The molecule has 3 rings (SSSR count). The van der Waals surface area contributed by atoms with Crippen molar-refractivity contribution in [3.05, 3.63) is 35.4 Å². The summed E-state index contributed by atoms with van der Waals surface area (Å²) in [5.74, 6) is 0.927. The van der Waals surface area contributed by atoms with Crippen LogP contribution in [0.2, 0.25) is 0 Å². The highest BCUT2D eigenvalue weighted by Gasteiger charge is 2.36. The van der Waals surface area contributed by atoms with Gasteiger partial charge in [0.15, 0.2) is 0 Å². The largest absolute Gasteiger partial charge is 0.342 e. The minimum Gasteiger partial charge on any atom is -0.342 e. The van der Waals surface area contributed by atoms with Gasteiger partial charge < -0.3 is 10.6 Å². The summed E-state index contributed by atoms with van der Waals surface area (Å²) in [5, 5.41) is 0. The van der Waals surface area contributed by atoms with Gasteiger partial charge in [-0.2, -0.15) is 0 Å². The summed E-state index contributed by atoms with van der Waals surface area (Å²) in [6, 6.07) is 8.26. The molecular formula is C14H19ClN2O. The van der Waals surface area contributed by atoms with Gasteiger partial charge in [0, 0.05) is 13.1 Å². The van der Waals surface area contributed by atoms with Gasteiger partial charge in [-0.25, -0.2) is 0 Å². The molecule has 0 spiro atoms. The summed E-state index contributed by atoms with van der Waals surface area (Å²) in [6.07, 6.45) is 1.98. The van der Waals surface area contributed by atoms with E-state index < -0.39 is 0 Å². The van der Waals surface area contributed by atoms with Crippen LogP contribution in [0.25, 0.3) is 0 Å². The molecule has 98 valence electrons. The minimum absolute atomic E-state index is 0. The SMILES string of the molecule is Cl.NCC1CCN(C(=O)C2Cc3ccccc32)C1. The van der Waals surface area contributed by atoms with Crippen molar-refractivity contribution in [1.29, 1.82) is 0 Å². The molecule has 1 aromatic carbocycles. The molecule has 0 saturated carbocycles. The molecule has 1 saturated heterocycles. The first-order valence-corrected chi connectivity index (χ1v) is 6.36. The number of fused-ring (bicyclic) bond motifs is 1. The number of carbonyl (C=O) groups is 1. The highest BCUT2D eigenvalue weighted by Crippen LogP contribution is 2.37. The third kappa shape index (κ3) is 2.13. The summed E-state index contributed by atoms with van der Waals surface area (Å²) < 4.78 is 0. The van der Waals surface area contributed by atoms with Gasteiger partial charge in [0.2, 0.25) is 5.91 Å². The Morgan fingerprint density at radius 2 is 2.17 bits per heavy atom. The Balaban J connectivity index is 0.00000120. The Bertz CT molecular complexity index is 449. The number of hydrogen-bond acceptors (Lipinski definition) is 2. The first kappa shape index (κ1) is 13.4. The van der Waals surface area contributed by atoms with Gasteiger partial charge in [-0.15, -0.1) is 12.4 Å². The lowest BCUT2D eigenvalue weighted by molar-refractivity contribution is -0.132. The van der Waals surface area contributed by atoms with Crippen LogP contribution in [-0.4, -0.2) is 30.4 Å². The van der Waals surface area contributed by atoms with Crippen LogP contribution in [0.15, 0.2) is 24.3 Å². The molecule has 3 nitrogen and oxygen atoms in total. The zero-order chi connectivity index (χ0) is 11.8. The van der Waals surface area contributed by atoms with Crippen molar-refractivity contribution >= 4 is 18.3 Å². The number of likely N-dealkylation sites (tertiary alicyclic amines) is 1. The molecule has 4 heteroatoms. The van der Waals surface area contributed by atoms with E-state index in [-0.39, 0.29) is 18.3 Å². The number of rotatable bonds is 2. The van der Waals surface area contributed by atoms with Gasteiger partial charge in [0.1, 0.15) is 0 Å². The average molecular weight is 267 g/mol. The molecular weight excluding hydrogens is 248 g/mol. The van der Waals surface area contributed by atoms with Crippen molar-refractivity contribution in [2.75, 3.05) is 19.6 Å². The predicted octanol–water partition coefficient (Wildman–Crippen LogP) is 1.56. The van der Waals surface area contributed by atoms with Crippen molar-refractivity contribution in [3.8, 4) is 0 Å². The lowest BCUT2D eigenvalue weighted by atomic mass is 9.77. The third-order valence-electron chi connectivity index (χ3n) is 4.08. The predicted molar refractivity (Wildman–Crippen MR) is 73.9 cm³/mol. The molecule has 2 aliphatic rings. The molecule has 2 atom stereocenters. The van der Waals surface area contributed by atoms with Crippen LogP contribution < -0.4 is 5.73 Å². The molecule has 2 N–H and O–H groups in total. The van der Waals surface area contributed by atoms with E-state index in [0.29, 0.717) is 18.4 Å². The van der Waals surface area contributed by atoms with E-state index in [4.69, 9.17) is 5.73 Å².